The van der Waals surface area contributed by atoms with Crippen molar-refractivity contribution in [1.82, 2.24) is 4.31 Å². The summed E-state index contributed by atoms with van der Waals surface area (Å²) in [4.78, 5) is -0.253. The van der Waals surface area contributed by atoms with Crippen molar-refractivity contribution in [2.24, 2.45) is 5.73 Å². The first-order valence-corrected chi connectivity index (χ1v) is 7.38. The van der Waals surface area contributed by atoms with Gasteiger partial charge >= 0.3 is 0 Å². The van der Waals surface area contributed by atoms with E-state index in [9.17, 15) is 12.8 Å². The van der Waals surface area contributed by atoms with Crippen LogP contribution in [-0.4, -0.2) is 31.9 Å². The van der Waals surface area contributed by atoms with Crippen LogP contribution in [0, 0.1) is 12.7 Å². The summed E-state index contributed by atoms with van der Waals surface area (Å²) in [6.45, 7) is 2.22. The summed E-state index contributed by atoms with van der Waals surface area (Å²) in [5, 5.41) is 0. The Kier molecular flexibility index (Phi) is 5.32. The summed E-state index contributed by atoms with van der Waals surface area (Å²) in [7, 11) is -3.77. The van der Waals surface area contributed by atoms with Crippen molar-refractivity contribution in [2.75, 3.05) is 13.1 Å². The number of hydrogen-bond donors (Lipinski definition) is 1. The molecule has 1 aromatic carbocycles. The predicted molar refractivity (Wildman–Crippen MR) is 74.4 cm³/mol. The quantitative estimate of drug-likeness (QED) is 0.904. The van der Waals surface area contributed by atoms with Crippen LogP contribution >= 0.6 is 12.4 Å². The molecule has 0 aromatic heterocycles. The highest BCUT2D eigenvalue weighted by Gasteiger charge is 2.31. The van der Waals surface area contributed by atoms with E-state index in [1.54, 1.807) is 19.1 Å². The summed E-state index contributed by atoms with van der Waals surface area (Å²) in [6, 6.07) is 4.24. The third-order valence-electron chi connectivity index (χ3n) is 3.19. The Labute approximate surface area is 119 Å². The lowest BCUT2D eigenvalue weighted by atomic mass is 10.1. The summed E-state index contributed by atoms with van der Waals surface area (Å²) in [5.74, 6) is -0.670. The largest absolute Gasteiger partial charge is 0.327 e. The molecule has 0 saturated carbocycles. The highest BCUT2D eigenvalue weighted by atomic mass is 35.5. The Bertz CT molecular complexity index is 551. The van der Waals surface area contributed by atoms with Gasteiger partial charge in [-0.15, -0.1) is 12.4 Å². The highest BCUT2D eigenvalue weighted by molar-refractivity contribution is 7.89. The van der Waals surface area contributed by atoms with Crippen molar-refractivity contribution in [2.45, 2.75) is 30.7 Å². The molecule has 4 nitrogen and oxygen atoms in total. The molecule has 1 saturated heterocycles. The summed E-state index contributed by atoms with van der Waals surface area (Å²) in [6.07, 6.45) is 1.52. The molecular weight excluding hydrogens is 291 g/mol. The topological polar surface area (TPSA) is 63.4 Å². The Morgan fingerprint density at radius 1 is 1.42 bits per heavy atom. The molecule has 1 aliphatic rings. The number of hydrogen-bond acceptors (Lipinski definition) is 3. The van der Waals surface area contributed by atoms with E-state index in [0.717, 1.165) is 6.42 Å². The lowest BCUT2D eigenvalue weighted by Gasteiger charge is -2.30. The van der Waals surface area contributed by atoms with Crippen LogP contribution < -0.4 is 5.73 Å². The Hall–Kier alpha value is -0.690. The highest BCUT2D eigenvalue weighted by Crippen LogP contribution is 2.23. The number of piperidine rings is 1. The van der Waals surface area contributed by atoms with E-state index in [2.05, 4.69) is 0 Å². The fourth-order valence-corrected chi connectivity index (χ4v) is 3.82. The average Bonchev–Trinajstić information content (AvgIpc) is 2.32. The standard InChI is InChI=1S/C12H17FN2O2S.ClH/c1-9-4-2-6-11(12(9)13)18(16,17)15-7-3-5-10(14)8-15;/h2,4,6,10H,3,5,7-8,14H2,1H3;1H/t10-;/m1./s1. The first kappa shape index (κ1) is 16.4. The van der Waals surface area contributed by atoms with E-state index in [-0.39, 0.29) is 29.9 Å². The Morgan fingerprint density at radius 2 is 2.11 bits per heavy atom. The second-order valence-electron chi connectivity index (χ2n) is 4.65. The molecule has 0 radical (unpaired) electrons. The van der Waals surface area contributed by atoms with Crippen LogP contribution in [0.15, 0.2) is 23.1 Å². The predicted octanol–water partition coefficient (Wildman–Crippen LogP) is 1.67. The van der Waals surface area contributed by atoms with Gasteiger partial charge in [0.05, 0.1) is 0 Å². The molecule has 1 aromatic rings. The van der Waals surface area contributed by atoms with Gasteiger partial charge in [0.15, 0.2) is 0 Å². The van der Waals surface area contributed by atoms with Crippen LogP contribution in [0.25, 0.3) is 0 Å². The zero-order valence-electron chi connectivity index (χ0n) is 10.7. The normalized spacial score (nSPS) is 20.9. The molecule has 2 rings (SSSR count). The molecule has 7 heteroatoms. The molecule has 0 aliphatic carbocycles. The molecule has 0 unspecified atom stereocenters. The fourth-order valence-electron chi connectivity index (χ4n) is 2.15. The number of nitrogens with two attached hydrogens (primary N) is 1. The molecule has 1 fully saturated rings. The molecule has 0 spiro atoms. The summed E-state index contributed by atoms with van der Waals surface area (Å²) in [5.41, 5.74) is 6.10. The molecule has 1 aliphatic heterocycles. The number of benzene rings is 1. The van der Waals surface area contributed by atoms with E-state index in [0.29, 0.717) is 18.5 Å². The fraction of sp³-hybridized carbons (Fsp3) is 0.500. The Balaban J connectivity index is 0.00000180. The molecule has 19 heavy (non-hydrogen) atoms. The third-order valence-corrected chi connectivity index (χ3v) is 5.08. The minimum absolute atomic E-state index is 0. The van der Waals surface area contributed by atoms with Crippen molar-refractivity contribution in [3.63, 3.8) is 0 Å². The van der Waals surface area contributed by atoms with E-state index in [1.807, 2.05) is 0 Å². The van der Waals surface area contributed by atoms with Crippen LogP contribution in [0.1, 0.15) is 18.4 Å². The van der Waals surface area contributed by atoms with Gasteiger partial charge in [-0.3, -0.25) is 0 Å². The zero-order valence-corrected chi connectivity index (χ0v) is 12.3. The van der Waals surface area contributed by atoms with Crippen LogP contribution in [0.4, 0.5) is 4.39 Å². The second kappa shape index (κ2) is 6.17. The molecular formula is C12H18ClFN2O2S. The maximum atomic E-state index is 13.9. The number of rotatable bonds is 2. The molecule has 0 amide bonds. The van der Waals surface area contributed by atoms with Crippen LogP contribution in [0.2, 0.25) is 0 Å². The van der Waals surface area contributed by atoms with Gasteiger partial charge < -0.3 is 5.73 Å². The van der Waals surface area contributed by atoms with Crippen molar-refractivity contribution < 1.29 is 12.8 Å². The van der Waals surface area contributed by atoms with Crippen LogP contribution in [-0.2, 0) is 10.0 Å². The third kappa shape index (κ3) is 3.25. The smallest absolute Gasteiger partial charge is 0.246 e. The first-order chi connectivity index (χ1) is 8.43. The molecule has 1 atom stereocenters. The second-order valence-corrected chi connectivity index (χ2v) is 6.56. The van der Waals surface area contributed by atoms with Crippen LogP contribution in [0.5, 0.6) is 0 Å². The number of halogens is 2. The van der Waals surface area contributed by atoms with Crippen molar-refractivity contribution >= 4 is 22.4 Å². The average molecular weight is 309 g/mol. The summed E-state index contributed by atoms with van der Waals surface area (Å²) < 4.78 is 39.9. The van der Waals surface area contributed by atoms with Crippen LogP contribution in [0.3, 0.4) is 0 Å². The number of nitrogens with zero attached hydrogens (tertiary/aromatic N) is 1. The monoisotopic (exact) mass is 308 g/mol. The maximum Gasteiger partial charge on any atom is 0.246 e. The van der Waals surface area contributed by atoms with Gasteiger partial charge in [0.2, 0.25) is 10.0 Å². The minimum atomic E-state index is -3.77. The lowest BCUT2D eigenvalue weighted by Crippen LogP contribution is -2.45. The van der Waals surface area contributed by atoms with Crippen molar-refractivity contribution in [3.05, 3.63) is 29.6 Å². The van der Waals surface area contributed by atoms with Crippen molar-refractivity contribution in [1.29, 1.82) is 0 Å². The lowest BCUT2D eigenvalue weighted by molar-refractivity contribution is 0.315. The van der Waals surface area contributed by atoms with E-state index in [4.69, 9.17) is 5.73 Å². The molecule has 2 N–H and O–H groups in total. The Morgan fingerprint density at radius 3 is 2.74 bits per heavy atom. The number of aryl methyl sites for hydroxylation is 1. The van der Waals surface area contributed by atoms with Gasteiger partial charge in [-0.05, 0) is 31.4 Å². The van der Waals surface area contributed by atoms with E-state index >= 15 is 0 Å². The van der Waals surface area contributed by atoms with Gasteiger partial charge in [-0.25, -0.2) is 12.8 Å². The molecule has 1 heterocycles. The van der Waals surface area contributed by atoms with Gasteiger partial charge in [0.25, 0.3) is 0 Å². The zero-order chi connectivity index (χ0) is 13.3. The number of sulfonamides is 1. The van der Waals surface area contributed by atoms with Gasteiger partial charge in [0, 0.05) is 19.1 Å². The molecule has 108 valence electrons. The SMILES string of the molecule is Cc1cccc(S(=O)(=O)N2CCC[C@@H](N)C2)c1F.Cl. The summed E-state index contributed by atoms with van der Waals surface area (Å²) >= 11 is 0. The van der Waals surface area contributed by atoms with Crippen molar-refractivity contribution in [3.8, 4) is 0 Å². The first-order valence-electron chi connectivity index (χ1n) is 5.94. The van der Waals surface area contributed by atoms with Gasteiger partial charge in [0.1, 0.15) is 10.7 Å². The van der Waals surface area contributed by atoms with E-state index in [1.165, 1.54) is 10.4 Å². The van der Waals surface area contributed by atoms with E-state index < -0.39 is 15.8 Å². The van der Waals surface area contributed by atoms with Gasteiger partial charge in [-0.1, -0.05) is 12.1 Å². The molecule has 0 bridgehead atoms. The minimum Gasteiger partial charge on any atom is -0.327 e. The van der Waals surface area contributed by atoms with Gasteiger partial charge in [-0.2, -0.15) is 4.31 Å². The maximum absolute atomic E-state index is 13.9.